The molecule has 0 bridgehead atoms. The molecule has 0 spiro atoms. The first-order valence-electron chi connectivity index (χ1n) is 7.12. The van der Waals surface area contributed by atoms with Gasteiger partial charge < -0.3 is 5.32 Å². The van der Waals surface area contributed by atoms with E-state index in [0.29, 0.717) is 0 Å². The van der Waals surface area contributed by atoms with Gasteiger partial charge in [-0.25, -0.2) is 13.2 Å². The Morgan fingerprint density at radius 2 is 1.71 bits per heavy atom. The molecule has 0 saturated heterocycles. The maximum Gasteiger partial charge on any atom is 0.330 e. The van der Waals surface area contributed by atoms with Gasteiger partial charge in [-0.15, -0.1) is 4.83 Å². The molecule has 0 aliphatic heterocycles. The van der Waals surface area contributed by atoms with Gasteiger partial charge in [-0.05, 0) is 31.9 Å². The summed E-state index contributed by atoms with van der Waals surface area (Å²) in [6.45, 7) is 1.87. The van der Waals surface area contributed by atoms with Crippen LogP contribution in [0.1, 0.15) is 37.7 Å². The molecule has 1 aromatic carbocycles. The summed E-state index contributed by atoms with van der Waals surface area (Å²) in [6.07, 6.45) is 5.27. The van der Waals surface area contributed by atoms with Crippen molar-refractivity contribution in [2.24, 2.45) is 0 Å². The van der Waals surface area contributed by atoms with E-state index in [1.54, 1.807) is 12.1 Å². The third kappa shape index (κ3) is 4.71. The summed E-state index contributed by atoms with van der Waals surface area (Å²) >= 11 is 0. The predicted molar refractivity (Wildman–Crippen MR) is 80.0 cm³/mol. The zero-order chi connectivity index (χ0) is 15.3. The minimum Gasteiger partial charge on any atom is -0.334 e. The smallest absolute Gasteiger partial charge is 0.330 e. The van der Waals surface area contributed by atoms with E-state index in [4.69, 9.17) is 0 Å². The van der Waals surface area contributed by atoms with E-state index in [9.17, 15) is 13.2 Å². The quantitative estimate of drug-likeness (QED) is 0.741. The summed E-state index contributed by atoms with van der Waals surface area (Å²) in [7, 11) is -3.73. The monoisotopic (exact) mass is 311 g/mol. The van der Waals surface area contributed by atoms with Gasteiger partial charge in [-0.2, -0.15) is 0 Å². The van der Waals surface area contributed by atoms with Crippen molar-refractivity contribution < 1.29 is 13.2 Å². The van der Waals surface area contributed by atoms with Crippen LogP contribution in [0.5, 0.6) is 0 Å². The van der Waals surface area contributed by atoms with Gasteiger partial charge in [-0.1, -0.05) is 37.0 Å². The standard InChI is InChI=1S/C14H21N3O3S/c1-11-7-9-13(10-8-11)21(19,20)17-16-14(18)15-12-5-3-2-4-6-12/h7-10,12,17H,2-6H2,1H3,(H2,15,16,18). The highest BCUT2D eigenvalue weighted by atomic mass is 32.2. The van der Waals surface area contributed by atoms with Crippen LogP contribution in [0.25, 0.3) is 0 Å². The van der Waals surface area contributed by atoms with Crippen LogP contribution in [0.3, 0.4) is 0 Å². The summed E-state index contributed by atoms with van der Waals surface area (Å²) in [5, 5.41) is 2.78. The molecule has 3 N–H and O–H groups in total. The van der Waals surface area contributed by atoms with Crippen LogP contribution in [0, 0.1) is 6.92 Å². The zero-order valence-corrected chi connectivity index (χ0v) is 12.9. The lowest BCUT2D eigenvalue weighted by atomic mass is 9.96. The third-order valence-electron chi connectivity index (χ3n) is 3.57. The zero-order valence-electron chi connectivity index (χ0n) is 12.1. The first kappa shape index (κ1) is 15.8. The Morgan fingerprint density at radius 3 is 2.33 bits per heavy atom. The van der Waals surface area contributed by atoms with Crippen molar-refractivity contribution in [1.29, 1.82) is 0 Å². The molecule has 2 rings (SSSR count). The van der Waals surface area contributed by atoms with Crippen molar-refractivity contribution in [2.45, 2.75) is 50.0 Å². The molecule has 0 radical (unpaired) electrons. The normalized spacial score (nSPS) is 16.4. The van der Waals surface area contributed by atoms with Gasteiger partial charge in [0.1, 0.15) is 0 Å². The molecule has 7 heteroatoms. The number of sulfonamides is 1. The number of carbonyl (C=O) groups excluding carboxylic acids is 1. The molecule has 116 valence electrons. The minimum atomic E-state index is -3.73. The SMILES string of the molecule is Cc1ccc(S(=O)(=O)NNC(=O)NC2CCCCC2)cc1. The number of rotatable bonds is 4. The van der Waals surface area contributed by atoms with Gasteiger partial charge in [0.05, 0.1) is 4.90 Å². The third-order valence-corrected chi connectivity index (χ3v) is 4.83. The fourth-order valence-corrected chi connectivity index (χ4v) is 3.20. The summed E-state index contributed by atoms with van der Waals surface area (Å²) in [4.78, 5) is 13.9. The first-order valence-corrected chi connectivity index (χ1v) is 8.61. The topological polar surface area (TPSA) is 87.3 Å². The Bertz CT molecular complexity index is 578. The Hall–Kier alpha value is -1.60. The van der Waals surface area contributed by atoms with Crippen molar-refractivity contribution in [3.8, 4) is 0 Å². The molecule has 2 amide bonds. The summed E-state index contributed by atoms with van der Waals surface area (Å²) in [6, 6.07) is 6.02. The van der Waals surface area contributed by atoms with Crippen LogP contribution in [0.15, 0.2) is 29.2 Å². The van der Waals surface area contributed by atoms with Crippen LogP contribution in [0.4, 0.5) is 4.79 Å². The number of urea groups is 1. The van der Waals surface area contributed by atoms with Gasteiger partial charge in [0.15, 0.2) is 0 Å². The molecule has 1 saturated carbocycles. The second-order valence-electron chi connectivity index (χ2n) is 5.35. The van der Waals surface area contributed by atoms with Crippen LogP contribution in [0.2, 0.25) is 0 Å². The molecule has 0 unspecified atom stereocenters. The van der Waals surface area contributed by atoms with Crippen molar-refractivity contribution in [1.82, 2.24) is 15.6 Å². The van der Waals surface area contributed by atoms with Gasteiger partial charge in [0.2, 0.25) is 0 Å². The number of carbonyl (C=O) groups is 1. The summed E-state index contributed by atoms with van der Waals surface area (Å²) in [5.41, 5.74) is 3.16. The Morgan fingerprint density at radius 1 is 1.10 bits per heavy atom. The number of hydrazine groups is 1. The second-order valence-corrected chi connectivity index (χ2v) is 7.03. The lowest BCUT2D eigenvalue weighted by Gasteiger charge is -2.22. The molecule has 1 aliphatic carbocycles. The van der Waals surface area contributed by atoms with Crippen molar-refractivity contribution in [3.05, 3.63) is 29.8 Å². The van der Waals surface area contributed by atoms with E-state index >= 15 is 0 Å². The summed E-state index contributed by atoms with van der Waals surface area (Å²) in [5.74, 6) is 0. The molecule has 0 heterocycles. The van der Waals surface area contributed by atoms with E-state index in [-0.39, 0.29) is 10.9 Å². The van der Waals surface area contributed by atoms with Crippen molar-refractivity contribution >= 4 is 16.1 Å². The molecular weight excluding hydrogens is 290 g/mol. The number of hydrogen-bond donors (Lipinski definition) is 3. The van der Waals surface area contributed by atoms with Crippen LogP contribution in [-0.2, 0) is 10.0 Å². The van der Waals surface area contributed by atoms with Gasteiger partial charge in [0, 0.05) is 6.04 Å². The maximum atomic E-state index is 12.0. The van der Waals surface area contributed by atoms with E-state index in [1.807, 2.05) is 6.92 Å². The molecule has 1 fully saturated rings. The molecular formula is C14H21N3O3S. The van der Waals surface area contributed by atoms with E-state index in [2.05, 4.69) is 15.6 Å². The van der Waals surface area contributed by atoms with Crippen LogP contribution >= 0.6 is 0 Å². The number of nitrogens with one attached hydrogen (secondary N) is 3. The highest BCUT2D eigenvalue weighted by Crippen LogP contribution is 2.17. The van der Waals surface area contributed by atoms with E-state index in [0.717, 1.165) is 31.2 Å². The maximum absolute atomic E-state index is 12.0. The highest BCUT2D eigenvalue weighted by Gasteiger charge is 2.18. The molecule has 6 nitrogen and oxygen atoms in total. The first-order chi connectivity index (χ1) is 9.97. The van der Waals surface area contributed by atoms with Crippen molar-refractivity contribution in [2.75, 3.05) is 0 Å². The largest absolute Gasteiger partial charge is 0.334 e. The number of amides is 2. The Balaban J connectivity index is 1.86. The lowest BCUT2D eigenvalue weighted by molar-refractivity contribution is 0.231. The number of hydrogen-bond acceptors (Lipinski definition) is 3. The van der Waals surface area contributed by atoms with E-state index < -0.39 is 16.1 Å². The van der Waals surface area contributed by atoms with Gasteiger partial charge >= 0.3 is 6.03 Å². The summed E-state index contributed by atoms with van der Waals surface area (Å²) < 4.78 is 24.0. The Labute approximate surface area is 125 Å². The molecule has 0 aromatic heterocycles. The number of benzene rings is 1. The molecule has 21 heavy (non-hydrogen) atoms. The molecule has 1 aromatic rings. The fraction of sp³-hybridized carbons (Fsp3) is 0.500. The van der Waals surface area contributed by atoms with Gasteiger partial charge in [-0.3, -0.25) is 5.43 Å². The van der Waals surface area contributed by atoms with E-state index in [1.165, 1.54) is 18.6 Å². The molecule has 0 atom stereocenters. The Kier molecular flexibility index (Phi) is 5.19. The van der Waals surface area contributed by atoms with Gasteiger partial charge in [0.25, 0.3) is 10.0 Å². The van der Waals surface area contributed by atoms with Crippen LogP contribution in [-0.4, -0.2) is 20.5 Å². The second kappa shape index (κ2) is 6.91. The lowest BCUT2D eigenvalue weighted by Crippen LogP contribution is -2.50. The minimum absolute atomic E-state index is 0.117. The predicted octanol–water partition coefficient (Wildman–Crippen LogP) is 1.82. The highest BCUT2D eigenvalue weighted by molar-refractivity contribution is 7.89. The number of aryl methyl sites for hydroxylation is 1. The average molecular weight is 311 g/mol. The molecule has 1 aliphatic rings. The van der Waals surface area contributed by atoms with Crippen LogP contribution < -0.4 is 15.6 Å². The fourth-order valence-electron chi connectivity index (χ4n) is 2.36. The average Bonchev–Trinajstić information content (AvgIpc) is 2.47. The van der Waals surface area contributed by atoms with Crippen molar-refractivity contribution in [3.63, 3.8) is 0 Å².